The van der Waals surface area contributed by atoms with Crippen molar-refractivity contribution in [1.82, 2.24) is 0 Å². The summed E-state index contributed by atoms with van der Waals surface area (Å²) in [6.07, 6.45) is -5.42. The van der Waals surface area contributed by atoms with Crippen LogP contribution >= 0.6 is 0 Å². The Hall–Kier alpha value is 7.36. The normalized spacial score (nSPS) is 8.07. The van der Waals surface area contributed by atoms with Crippen LogP contribution in [-0.2, 0) is 5.48 Å². The summed E-state index contributed by atoms with van der Waals surface area (Å²) >= 11 is 0. The van der Waals surface area contributed by atoms with E-state index in [9.17, 15) is 66.4 Å². The average Bonchev–Trinajstić information content (AvgIpc) is 2.67. The molecule has 0 rings (SSSR count). The van der Waals surface area contributed by atoms with Gasteiger partial charge in [0.15, 0.2) is 0 Å². The summed E-state index contributed by atoms with van der Waals surface area (Å²) in [6.45, 7) is 41.9. The van der Waals surface area contributed by atoms with Gasteiger partial charge >= 0.3 is 247 Å². The van der Waals surface area contributed by atoms with Crippen molar-refractivity contribution in [2.75, 3.05) is 0 Å². The maximum absolute atomic E-state index is 9.53. The van der Waals surface area contributed by atoms with Crippen LogP contribution < -0.4 is 66.4 Å². The molecule has 0 radical (unpaired) electrons. The first kappa shape index (κ1) is 126. The molecule has 0 aromatic heterocycles. The molecule has 19 heteroatoms. The molecule has 0 amide bonds. The van der Waals surface area contributed by atoms with Crippen molar-refractivity contribution in [2.24, 2.45) is 0 Å². The molecule has 0 bridgehead atoms. The fourth-order valence-electron chi connectivity index (χ4n) is 0. The average molecular weight is 1540 g/mol. The van der Waals surface area contributed by atoms with E-state index in [1.807, 2.05) is 0 Å². The van der Waals surface area contributed by atoms with Gasteiger partial charge in [-0.15, -0.1) is 79.4 Å². The summed E-state index contributed by atoms with van der Waals surface area (Å²) in [7, 11) is 0. The van der Waals surface area contributed by atoms with E-state index >= 15 is 0 Å². The molecule has 0 atom stereocenters. The minimum absolute atomic E-state index is 0. The fraction of sp³-hybridized carbons (Fsp3) is 1.00. The van der Waals surface area contributed by atoms with E-state index < -0.39 is 79.4 Å². The van der Waals surface area contributed by atoms with E-state index in [2.05, 4.69) is 0 Å². The van der Waals surface area contributed by atoms with Crippen LogP contribution in [0, 0.1) is 247 Å². The van der Waals surface area contributed by atoms with Gasteiger partial charge in [-0.25, -0.2) is 0 Å². The molecule has 0 aromatic carbocycles. The number of hydrogen-bond acceptors (Lipinski definition) is 13. The first-order valence-corrected chi connectivity index (χ1v) is 18.1. The molecule has 0 unspecified atom stereocenters. The van der Waals surface area contributed by atoms with Gasteiger partial charge in [0, 0.05) is 0 Å². The SMILES string of the molecule is CC(C)[O-].CC(C)[O-].CC(C)[O-].CC(C)[O-].CC(C)[O-].CC(C)[O-].CC(C)[O-].CC(C)[O-].CC(C)[O-].CC(C)[O-].CC(C)[O-].CC(C)[O-].CC(C)[O-].[Eu+3].[Eu+3].[Eu+3].[Eu+3].[Eu+3].[O-2]. The van der Waals surface area contributed by atoms with Crippen LogP contribution in [0.5, 0.6) is 0 Å². The van der Waals surface area contributed by atoms with Gasteiger partial charge in [-0.05, 0) is 0 Å². The van der Waals surface area contributed by atoms with Crippen LogP contribution in [0.2, 0.25) is 0 Å². The zero-order valence-electron chi connectivity index (χ0n) is 41.1. The van der Waals surface area contributed by atoms with Crippen molar-refractivity contribution >= 4 is 0 Å². The van der Waals surface area contributed by atoms with Crippen LogP contribution in [-0.4, -0.2) is 79.4 Å². The van der Waals surface area contributed by atoms with Gasteiger partial charge in [0.2, 0.25) is 0 Å². The number of rotatable bonds is 0. The van der Waals surface area contributed by atoms with Gasteiger partial charge in [-0.1, -0.05) is 180 Å². The van der Waals surface area contributed by atoms with Crippen molar-refractivity contribution in [2.45, 2.75) is 259 Å². The quantitative estimate of drug-likeness (QED) is 0.230. The van der Waals surface area contributed by atoms with Crippen LogP contribution in [0.15, 0.2) is 0 Å². The third-order valence-corrected chi connectivity index (χ3v) is 0. The van der Waals surface area contributed by atoms with Crippen LogP contribution in [0.25, 0.3) is 0 Å². The molecule has 0 aliphatic carbocycles. The molecule has 14 nitrogen and oxygen atoms in total. The van der Waals surface area contributed by atoms with Crippen molar-refractivity contribution < 1.29 is 319 Å². The van der Waals surface area contributed by atoms with E-state index in [1.54, 1.807) is 180 Å². The minimum atomic E-state index is -0.417. The molecular weight excluding hydrogens is 1450 g/mol. The summed E-state index contributed by atoms with van der Waals surface area (Å²) in [6, 6.07) is 0. The van der Waals surface area contributed by atoms with Crippen molar-refractivity contribution in [3.63, 3.8) is 0 Å². The van der Waals surface area contributed by atoms with Crippen molar-refractivity contribution in [3.05, 3.63) is 0 Å². The molecule has 0 aliphatic rings. The van der Waals surface area contributed by atoms with Gasteiger partial charge in [-0.3, -0.25) is 0 Å². The van der Waals surface area contributed by atoms with Crippen LogP contribution in [0.1, 0.15) is 180 Å². The van der Waals surface area contributed by atoms with Crippen molar-refractivity contribution in [1.29, 1.82) is 0 Å². The van der Waals surface area contributed by atoms with Gasteiger partial charge in [0.05, 0.1) is 0 Å². The molecule has 0 spiro atoms. The largest absolute Gasteiger partial charge is 3.00 e. The summed E-state index contributed by atoms with van der Waals surface area (Å²) in [5.74, 6) is 0. The zero-order valence-corrected chi connectivity index (χ0v) is 53.2. The Bertz CT molecular complexity index is 275. The van der Waals surface area contributed by atoms with Crippen LogP contribution in [0.3, 0.4) is 0 Å². The maximum atomic E-state index is 9.53. The Morgan fingerprint density at radius 3 is 0.138 bits per heavy atom. The Morgan fingerprint density at radius 1 is 0.138 bits per heavy atom. The summed E-state index contributed by atoms with van der Waals surface area (Å²) in [4.78, 5) is 0. The summed E-state index contributed by atoms with van der Waals surface area (Å²) in [5, 5.41) is 124. The first-order valence-electron chi connectivity index (χ1n) is 18.1. The monoisotopic (exact) mass is 1550 g/mol. The molecular formula is C39H91Eu5O14. The van der Waals surface area contributed by atoms with E-state index in [0.717, 1.165) is 0 Å². The summed E-state index contributed by atoms with van der Waals surface area (Å²) in [5.41, 5.74) is 0. The summed E-state index contributed by atoms with van der Waals surface area (Å²) < 4.78 is 0. The van der Waals surface area contributed by atoms with Gasteiger partial charge in [-0.2, -0.15) is 0 Å². The molecule has 0 aromatic rings. The molecule has 0 aliphatic heterocycles. The molecule has 0 saturated heterocycles. The van der Waals surface area contributed by atoms with Crippen molar-refractivity contribution in [3.8, 4) is 0 Å². The Kier molecular flexibility index (Phi) is 261. The van der Waals surface area contributed by atoms with Gasteiger partial charge in [0.1, 0.15) is 0 Å². The van der Waals surface area contributed by atoms with E-state index in [-0.39, 0.29) is 252 Å². The van der Waals surface area contributed by atoms with Gasteiger partial charge < -0.3 is 71.9 Å². The molecule has 0 fully saturated rings. The first-order chi connectivity index (χ1) is 22.5. The predicted octanol–water partition coefficient (Wildman–Crippen LogP) is -3.30. The van der Waals surface area contributed by atoms with E-state index in [0.29, 0.717) is 0 Å². The zero-order chi connectivity index (χ0) is 46.5. The molecule has 0 N–H and O–H groups in total. The molecule has 0 saturated carbocycles. The second-order valence-corrected chi connectivity index (χ2v) is 13.6. The second-order valence-electron chi connectivity index (χ2n) is 13.6. The topological polar surface area (TPSA) is 328 Å². The van der Waals surface area contributed by atoms with Crippen LogP contribution in [0.4, 0.5) is 0 Å². The van der Waals surface area contributed by atoms with E-state index in [4.69, 9.17) is 0 Å². The second kappa shape index (κ2) is 120. The van der Waals surface area contributed by atoms with Gasteiger partial charge in [0.25, 0.3) is 0 Å². The Balaban J connectivity index is -0.0000000166. The molecule has 366 valence electrons. The number of hydrogen-bond donors (Lipinski definition) is 0. The minimum Gasteiger partial charge on any atom is -2.00 e. The third kappa shape index (κ3) is 4550. The Morgan fingerprint density at radius 2 is 0.138 bits per heavy atom. The maximum Gasteiger partial charge on any atom is 3.00 e. The molecule has 58 heavy (non-hydrogen) atoms. The predicted molar refractivity (Wildman–Crippen MR) is 197 cm³/mol. The Labute approximate surface area is 566 Å². The molecule has 0 heterocycles. The van der Waals surface area contributed by atoms with E-state index in [1.165, 1.54) is 0 Å². The third-order valence-electron chi connectivity index (χ3n) is 0. The smallest absolute Gasteiger partial charge is 2.00 e. The standard InChI is InChI=1S/13C3H7O.5Eu.O/c13*1-3(2)4;;;;;;/h13*3H,1-2H3;;;;;;/q13*-1;5*+3;-2. The fourth-order valence-corrected chi connectivity index (χ4v) is 0.